The molecule has 10 heteroatoms. The molecule has 0 atom stereocenters. The minimum absolute atomic E-state index is 0.0562. The monoisotopic (exact) mass is 410 g/mol. The van der Waals surface area contributed by atoms with Crippen molar-refractivity contribution in [2.24, 2.45) is 0 Å². The molecule has 9 nitrogen and oxygen atoms in total. The number of anilines is 2. The second kappa shape index (κ2) is 8.76. The van der Waals surface area contributed by atoms with Crippen LogP contribution in [0.5, 0.6) is 0 Å². The molecule has 0 saturated heterocycles. The fourth-order valence-electron chi connectivity index (χ4n) is 2.31. The molecule has 0 bridgehead atoms. The first kappa shape index (κ1) is 19.7. The van der Waals surface area contributed by atoms with Crippen LogP contribution in [0, 0.1) is 10.1 Å². The van der Waals surface area contributed by atoms with Crippen molar-refractivity contribution in [2.75, 3.05) is 10.6 Å². The maximum atomic E-state index is 12.1. The number of hydrogen-bond donors (Lipinski definition) is 3. The lowest BCUT2D eigenvalue weighted by Gasteiger charge is -2.10. The Labute approximate surface area is 169 Å². The normalized spacial score (nSPS) is 10.1. The van der Waals surface area contributed by atoms with Crippen LogP contribution in [0.4, 0.5) is 17.1 Å². The zero-order valence-corrected chi connectivity index (χ0v) is 15.6. The van der Waals surface area contributed by atoms with Gasteiger partial charge in [0.15, 0.2) is 10.9 Å². The van der Waals surface area contributed by atoms with E-state index < -0.39 is 10.8 Å². The molecule has 0 fully saturated rings. The summed E-state index contributed by atoms with van der Waals surface area (Å²) in [7, 11) is 0. The number of carbonyl (C=O) groups excluding carboxylic acids is 2. The number of rotatable bonds is 5. The molecule has 0 unspecified atom stereocenters. The average Bonchev–Trinajstić information content (AvgIpc) is 3.24. The predicted molar refractivity (Wildman–Crippen MR) is 110 cm³/mol. The lowest BCUT2D eigenvalue weighted by Crippen LogP contribution is -2.34. The number of furan rings is 1. The molecule has 0 aliphatic rings. The van der Waals surface area contributed by atoms with Crippen LogP contribution in [0.2, 0.25) is 0 Å². The number of nitrogens with zero attached hydrogens (tertiary/aromatic N) is 1. The van der Waals surface area contributed by atoms with E-state index in [0.29, 0.717) is 11.4 Å². The zero-order chi connectivity index (χ0) is 20.8. The molecule has 2 aromatic carbocycles. The fourth-order valence-corrected chi connectivity index (χ4v) is 2.52. The highest BCUT2D eigenvalue weighted by molar-refractivity contribution is 7.80. The lowest BCUT2D eigenvalue weighted by atomic mass is 10.2. The maximum Gasteiger partial charge on any atom is 0.291 e. The summed E-state index contributed by atoms with van der Waals surface area (Å²) in [6, 6.07) is 15.0. The number of nitro benzene ring substituents is 1. The van der Waals surface area contributed by atoms with Crippen molar-refractivity contribution in [1.82, 2.24) is 5.32 Å². The molecule has 3 rings (SSSR count). The average molecular weight is 410 g/mol. The van der Waals surface area contributed by atoms with E-state index in [1.54, 1.807) is 36.4 Å². The van der Waals surface area contributed by atoms with Crippen molar-refractivity contribution in [2.45, 2.75) is 0 Å². The highest BCUT2D eigenvalue weighted by Crippen LogP contribution is 2.15. The summed E-state index contributed by atoms with van der Waals surface area (Å²) in [6.07, 6.45) is 1.41. The molecule has 1 heterocycles. The first-order chi connectivity index (χ1) is 13.9. The Morgan fingerprint density at radius 3 is 2.07 bits per heavy atom. The Hall–Kier alpha value is -4.05. The van der Waals surface area contributed by atoms with Gasteiger partial charge in [0.1, 0.15) is 0 Å². The molecular formula is C19H14N4O5S. The molecule has 3 N–H and O–H groups in total. The summed E-state index contributed by atoms with van der Waals surface area (Å²) in [5.74, 6) is -0.677. The van der Waals surface area contributed by atoms with Crippen molar-refractivity contribution in [3.63, 3.8) is 0 Å². The Kier molecular flexibility index (Phi) is 5.95. The maximum absolute atomic E-state index is 12.1. The molecule has 0 radical (unpaired) electrons. The summed E-state index contributed by atoms with van der Waals surface area (Å²) < 4.78 is 5.02. The summed E-state index contributed by atoms with van der Waals surface area (Å²) in [5, 5.41) is 18.7. The van der Waals surface area contributed by atoms with Gasteiger partial charge in [0.2, 0.25) is 0 Å². The standard InChI is InChI=1S/C19H14N4O5S/c24-17(12-3-9-15(10-4-12)23(26)27)22-19(29)21-14-7-5-13(6-8-14)20-18(25)16-2-1-11-28-16/h1-11H,(H,20,25)(H2,21,22,24,29). The summed E-state index contributed by atoms with van der Waals surface area (Å²) >= 11 is 5.10. The molecule has 29 heavy (non-hydrogen) atoms. The summed E-state index contributed by atoms with van der Waals surface area (Å²) in [6.45, 7) is 0. The minimum Gasteiger partial charge on any atom is -0.459 e. The fraction of sp³-hybridized carbons (Fsp3) is 0. The van der Waals surface area contributed by atoms with Crippen LogP contribution in [-0.2, 0) is 0 Å². The SMILES string of the molecule is O=C(NC(=S)Nc1ccc(NC(=O)c2ccco2)cc1)c1ccc([N+](=O)[O-])cc1. The number of nitro groups is 1. The van der Waals surface area contributed by atoms with Gasteiger partial charge in [-0.1, -0.05) is 0 Å². The van der Waals surface area contributed by atoms with Gasteiger partial charge in [-0.15, -0.1) is 0 Å². The minimum atomic E-state index is -0.547. The quantitative estimate of drug-likeness (QED) is 0.333. The van der Waals surface area contributed by atoms with Gasteiger partial charge in [0.05, 0.1) is 11.2 Å². The first-order valence-electron chi connectivity index (χ1n) is 8.24. The number of hydrogen-bond acceptors (Lipinski definition) is 6. The van der Waals surface area contributed by atoms with E-state index in [2.05, 4.69) is 16.0 Å². The predicted octanol–water partition coefficient (Wildman–Crippen LogP) is 3.57. The Morgan fingerprint density at radius 2 is 1.52 bits per heavy atom. The van der Waals surface area contributed by atoms with E-state index in [0.717, 1.165) is 0 Å². The van der Waals surface area contributed by atoms with E-state index in [4.69, 9.17) is 16.6 Å². The van der Waals surface area contributed by atoms with Crippen molar-refractivity contribution >= 4 is 46.2 Å². The summed E-state index contributed by atoms with van der Waals surface area (Å²) in [5.41, 5.74) is 1.27. The van der Waals surface area contributed by atoms with Crippen LogP contribution < -0.4 is 16.0 Å². The number of amides is 2. The van der Waals surface area contributed by atoms with E-state index in [1.165, 1.54) is 30.5 Å². The largest absolute Gasteiger partial charge is 0.459 e. The molecule has 1 aromatic heterocycles. The Bertz CT molecular complexity index is 1050. The van der Waals surface area contributed by atoms with Gasteiger partial charge in [-0.3, -0.25) is 25.0 Å². The van der Waals surface area contributed by atoms with Crippen LogP contribution in [0.25, 0.3) is 0 Å². The van der Waals surface area contributed by atoms with Crippen LogP contribution in [-0.4, -0.2) is 21.9 Å². The molecule has 146 valence electrons. The Morgan fingerprint density at radius 1 is 0.897 bits per heavy atom. The molecule has 3 aromatic rings. The number of thiocarbonyl (C=S) groups is 1. The highest BCUT2D eigenvalue weighted by Gasteiger charge is 2.11. The number of nitrogens with one attached hydrogen (secondary N) is 3. The van der Waals surface area contributed by atoms with Crippen molar-refractivity contribution in [3.8, 4) is 0 Å². The van der Waals surface area contributed by atoms with E-state index in [-0.39, 0.29) is 28.0 Å². The number of carbonyl (C=O) groups is 2. The zero-order valence-electron chi connectivity index (χ0n) is 14.7. The van der Waals surface area contributed by atoms with Gasteiger partial charge in [-0.25, -0.2) is 0 Å². The van der Waals surface area contributed by atoms with Crippen LogP contribution in [0.3, 0.4) is 0 Å². The van der Waals surface area contributed by atoms with Crippen LogP contribution in [0.15, 0.2) is 71.3 Å². The second-order valence-electron chi connectivity index (χ2n) is 5.72. The van der Waals surface area contributed by atoms with Gasteiger partial charge >= 0.3 is 0 Å². The lowest BCUT2D eigenvalue weighted by molar-refractivity contribution is -0.384. The van der Waals surface area contributed by atoms with Crippen LogP contribution in [0.1, 0.15) is 20.9 Å². The molecule has 0 spiro atoms. The number of benzene rings is 2. The topological polar surface area (TPSA) is 127 Å². The third kappa shape index (κ3) is 5.23. The van der Waals surface area contributed by atoms with Gasteiger partial charge in [-0.2, -0.15) is 0 Å². The molecular weight excluding hydrogens is 396 g/mol. The first-order valence-corrected chi connectivity index (χ1v) is 8.65. The van der Waals surface area contributed by atoms with Gasteiger partial charge in [-0.05, 0) is 60.7 Å². The molecule has 0 saturated carbocycles. The van der Waals surface area contributed by atoms with Crippen molar-refractivity contribution < 1.29 is 18.9 Å². The van der Waals surface area contributed by atoms with Crippen molar-refractivity contribution in [1.29, 1.82) is 0 Å². The number of non-ortho nitro benzene ring substituents is 1. The van der Waals surface area contributed by atoms with Crippen LogP contribution >= 0.6 is 12.2 Å². The van der Waals surface area contributed by atoms with E-state index >= 15 is 0 Å². The second-order valence-corrected chi connectivity index (χ2v) is 6.13. The van der Waals surface area contributed by atoms with Crippen molar-refractivity contribution in [3.05, 3.63) is 88.4 Å². The molecule has 0 aliphatic carbocycles. The third-order valence-electron chi connectivity index (χ3n) is 3.71. The van der Waals surface area contributed by atoms with Gasteiger partial charge in [0.25, 0.3) is 17.5 Å². The highest BCUT2D eigenvalue weighted by atomic mass is 32.1. The molecule has 2 amide bonds. The third-order valence-corrected chi connectivity index (χ3v) is 3.92. The molecule has 0 aliphatic heterocycles. The van der Waals surface area contributed by atoms with E-state index in [9.17, 15) is 19.7 Å². The summed E-state index contributed by atoms with van der Waals surface area (Å²) in [4.78, 5) is 34.2. The van der Waals surface area contributed by atoms with Gasteiger partial charge in [0, 0.05) is 29.1 Å². The Balaban J connectivity index is 1.54. The van der Waals surface area contributed by atoms with E-state index in [1.807, 2.05) is 0 Å². The smallest absolute Gasteiger partial charge is 0.291 e. The van der Waals surface area contributed by atoms with Gasteiger partial charge < -0.3 is 15.1 Å².